The van der Waals surface area contributed by atoms with Gasteiger partial charge in [-0.3, -0.25) is 0 Å². The number of benzene rings is 1. The number of hydrogen-bond donors (Lipinski definition) is 0. The number of likely N-dealkylation sites (tertiary alicyclic amines) is 1. The zero-order valence-electron chi connectivity index (χ0n) is 13.4. The lowest BCUT2D eigenvalue weighted by Crippen LogP contribution is -2.51. The van der Waals surface area contributed by atoms with Gasteiger partial charge in [-0.15, -0.1) is 0 Å². The molecule has 0 spiro atoms. The summed E-state index contributed by atoms with van der Waals surface area (Å²) in [5, 5.41) is 8.96. The van der Waals surface area contributed by atoms with Crippen molar-refractivity contribution in [3.05, 3.63) is 35.9 Å². The molecule has 3 rings (SSSR count). The highest BCUT2D eigenvalue weighted by Gasteiger charge is 2.32. The quantitative estimate of drug-likeness (QED) is 0.779. The fourth-order valence-corrected chi connectivity index (χ4v) is 3.22. The number of likely N-dealkylation sites (N-methyl/N-ethyl adjacent to an activating group) is 1. The molecule has 2 amide bonds. The summed E-state index contributed by atoms with van der Waals surface area (Å²) in [5.74, 6) is 0. The average molecular weight is 314 g/mol. The third-order valence-corrected chi connectivity index (χ3v) is 4.66. The van der Waals surface area contributed by atoms with Crippen molar-refractivity contribution in [1.82, 2.24) is 14.7 Å². The van der Waals surface area contributed by atoms with Crippen LogP contribution in [0.2, 0.25) is 0 Å². The van der Waals surface area contributed by atoms with Crippen LogP contribution in [-0.2, 0) is 4.74 Å². The Labute approximate surface area is 136 Å². The molecule has 0 aliphatic carbocycles. The Hall–Kier alpha value is -2.26. The van der Waals surface area contributed by atoms with Crippen molar-refractivity contribution < 1.29 is 9.53 Å². The summed E-state index contributed by atoms with van der Waals surface area (Å²) in [4.78, 5) is 18.1. The summed E-state index contributed by atoms with van der Waals surface area (Å²) in [6.45, 7) is 3.09. The van der Waals surface area contributed by atoms with Gasteiger partial charge in [-0.05, 0) is 12.0 Å². The summed E-state index contributed by atoms with van der Waals surface area (Å²) in [6.07, 6.45) is 2.94. The van der Waals surface area contributed by atoms with E-state index in [2.05, 4.69) is 6.19 Å². The molecule has 122 valence electrons. The normalized spacial score (nSPS) is 24.3. The fourth-order valence-electron chi connectivity index (χ4n) is 3.22. The van der Waals surface area contributed by atoms with Crippen molar-refractivity contribution >= 4 is 6.03 Å². The van der Waals surface area contributed by atoms with Gasteiger partial charge in [0, 0.05) is 26.7 Å². The number of morpholine rings is 1. The molecule has 0 aromatic heterocycles. The molecule has 2 saturated heterocycles. The predicted octanol–water partition coefficient (Wildman–Crippen LogP) is 1.67. The molecule has 23 heavy (non-hydrogen) atoms. The lowest BCUT2D eigenvalue weighted by atomic mass is 10.1. The van der Waals surface area contributed by atoms with Gasteiger partial charge in [0.1, 0.15) is 6.10 Å². The summed E-state index contributed by atoms with van der Waals surface area (Å²) >= 11 is 0. The first-order chi connectivity index (χ1) is 11.2. The Bertz CT molecular complexity index is 586. The summed E-state index contributed by atoms with van der Waals surface area (Å²) in [7, 11) is 1.83. The van der Waals surface area contributed by atoms with Gasteiger partial charge in [-0.2, -0.15) is 5.26 Å². The van der Waals surface area contributed by atoms with E-state index in [1.54, 1.807) is 9.80 Å². The number of urea groups is 1. The fraction of sp³-hybridized carbons (Fsp3) is 0.529. The van der Waals surface area contributed by atoms with Gasteiger partial charge in [0.25, 0.3) is 0 Å². The molecule has 2 unspecified atom stereocenters. The monoisotopic (exact) mass is 314 g/mol. The molecule has 6 heteroatoms. The summed E-state index contributed by atoms with van der Waals surface area (Å²) in [6, 6.07) is 10.2. The molecule has 2 aliphatic heterocycles. The topological polar surface area (TPSA) is 59.8 Å². The second-order valence-electron chi connectivity index (χ2n) is 6.10. The largest absolute Gasteiger partial charge is 0.370 e. The van der Waals surface area contributed by atoms with Gasteiger partial charge in [0.15, 0.2) is 6.19 Å². The highest BCUT2D eigenvalue weighted by Crippen LogP contribution is 2.23. The molecular formula is C17H22N4O2. The molecule has 0 radical (unpaired) electrons. The molecule has 0 saturated carbocycles. The number of rotatable bonds is 2. The standard InChI is InChI=1S/C17H22N4O2/c1-19(15-7-8-20(11-15)13-18)17(22)21-9-10-23-16(12-21)14-5-3-2-4-6-14/h2-6,15-16H,7-12H2,1H3. The van der Waals surface area contributed by atoms with Gasteiger partial charge in [0.05, 0.1) is 19.2 Å². The Morgan fingerprint density at radius 2 is 2.09 bits per heavy atom. The first-order valence-electron chi connectivity index (χ1n) is 8.02. The summed E-state index contributed by atoms with van der Waals surface area (Å²) in [5.41, 5.74) is 1.10. The van der Waals surface area contributed by atoms with Crippen LogP contribution >= 0.6 is 0 Å². The molecule has 2 aliphatic rings. The molecule has 2 heterocycles. The van der Waals surface area contributed by atoms with E-state index in [1.165, 1.54) is 0 Å². The number of hydrogen-bond acceptors (Lipinski definition) is 4. The van der Waals surface area contributed by atoms with Crippen LogP contribution in [0.4, 0.5) is 4.79 Å². The smallest absolute Gasteiger partial charge is 0.320 e. The molecule has 2 atom stereocenters. The van der Waals surface area contributed by atoms with Crippen molar-refractivity contribution in [2.75, 3.05) is 39.8 Å². The molecule has 1 aromatic carbocycles. The third kappa shape index (κ3) is 3.40. The Morgan fingerprint density at radius 1 is 1.30 bits per heavy atom. The average Bonchev–Trinajstić information content (AvgIpc) is 3.10. The van der Waals surface area contributed by atoms with Crippen LogP contribution in [0.3, 0.4) is 0 Å². The zero-order chi connectivity index (χ0) is 16.2. The van der Waals surface area contributed by atoms with E-state index >= 15 is 0 Å². The maximum atomic E-state index is 12.8. The van der Waals surface area contributed by atoms with E-state index in [-0.39, 0.29) is 18.2 Å². The Kier molecular flexibility index (Phi) is 4.68. The van der Waals surface area contributed by atoms with Gasteiger partial charge in [0.2, 0.25) is 0 Å². The Morgan fingerprint density at radius 3 is 2.78 bits per heavy atom. The number of carbonyl (C=O) groups is 1. The van der Waals surface area contributed by atoms with Crippen LogP contribution in [0, 0.1) is 11.5 Å². The van der Waals surface area contributed by atoms with Gasteiger partial charge in [-0.1, -0.05) is 30.3 Å². The minimum absolute atomic E-state index is 0.0269. The molecule has 2 fully saturated rings. The molecule has 0 bridgehead atoms. The maximum Gasteiger partial charge on any atom is 0.320 e. The maximum absolute atomic E-state index is 12.8. The molecule has 0 N–H and O–H groups in total. The first-order valence-corrected chi connectivity index (χ1v) is 8.02. The van der Waals surface area contributed by atoms with E-state index in [0.717, 1.165) is 18.5 Å². The SMILES string of the molecule is CN(C(=O)N1CCOC(c2ccccc2)C1)C1CCN(C#N)C1. The van der Waals surface area contributed by atoms with Crippen LogP contribution in [0.5, 0.6) is 0 Å². The number of ether oxygens (including phenoxy) is 1. The van der Waals surface area contributed by atoms with Crippen LogP contribution in [0.15, 0.2) is 30.3 Å². The van der Waals surface area contributed by atoms with E-state index < -0.39 is 0 Å². The first kappa shape index (κ1) is 15.6. The third-order valence-electron chi connectivity index (χ3n) is 4.66. The van der Waals surface area contributed by atoms with Gasteiger partial charge >= 0.3 is 6.03 Å². The van der Waals surface area contributed by atoms with Gasteiger partial charge < -0.3 is 19.4 Å². The van der Waals surface area contributed by atoms with Crippen LogP contribution in [0.25, 0.3) is 0 Å². The lowest BCUT2D eigenvalue weighted by molar-refractivity contribution is -0.0209. The van der Waals surface area contributed by atoms with Crippen molar-refractivity contribution in [2.45, 2.75) is 18.6 Å². The van der Waals surface area contributed by atoms with Gasteiger partial charge in [-0.25, -0.2) is 4.79 Å². The van der Waals surface area contributed by atoms with Crippen molar-refractivity contribution in [2.24, 2.45) is 0 Å². The molecular weight excluding hydrogens is 292 g/mol. The van der Waals surface area contributed by atoms with Crippen LogP contribution < -0.4 is 0 Å². The molecule has 1 aromatic rings. The number of nitrogens with zero attached hydrogens (tertiary/aromatic N) is 4. The van der Waals surface area contributed by atoms with E-state index in [1.807, 2.05) is 42.3 Å². The Balaban J connectivity index is 1.62. The lowest BCUT2D eigenvalue weighted by Gasteiger charge is -2.37. The highest BCUT2D eigenvalue weighted by molar-refractivity contribution is 5.74. The van der Waals surface area contributed by atoms with E-state index in [0.29, 0.717) is 26.2 Å². The van der Waals surface area contributed by atoms with Crippen molar-refractivity contribution in [1.29, 1.82) is 5.26 Å². The van der Waals surface area contributed by atoms with Crippen molar-refractivity contribution in [3.8, 4) is 6.19 Å². The van der Waals surface area contributed by atoms with Crippen LogP contribution in [0.1, 0.15) is 18.1 Å². The minimum atomic E-state index is -0.0681. The molecule has 6 nitrogen and oxygen atoms in total. The highest BCUT2D eigenvalue weighted by atomic mass is 16.5. The zero-order valence-corrected chi connectivity index (χ0v) is 13.4. The number of carbonyl (C=O) groups excluding carboxylic acids is 1. The van der Waals surface area contributed by atoms with E-state index in [9.17, 15) is 4.79 Å². The van der Waals surface area contributed by atoms with E-state index in [4.69, 9.17) is 10.00 Å². The van der Waals surface area contributed by atoms with Crippen LogP contribution in [-0.4, -0.2) is 66.6 Å². The number of amides is 2. The number of nitriles is 1. The predicted molar refractivity (Wildman–Crippen MR) is 85.5 cm³/mol. The minimum Gasteiger partial charge on any atom is -0.370 e. The second kappa shape index (κ2) is 6.88. The second-order valence-corrected chi connectivity index (χ2v) is 6.10. The van der Waals surface area contributed by atoms with Crippen molar-refractivity contribution in [3.63, 3.8) is 0 Å². The summed E-state index contributed by atoms with van der Waals surface area (Å²) < 4.78 is 5.82.